The van der Waals surface area contributed by atoms with Gasteiger partial charge in [-0.05, 0) is 18.2 Å². The fourth-order valence-corrected chi connectivity index (χ4v) is 2.33. The zero-order chi connectivity index (χ0) is 16.9. The van der Waals surface area contributed by atoms with Crippen LogP contribution in [-0.2, 0) is 12.5 Å². The fourth-order valence-electron chi connectivity index (χ4n) is 2.33. The summed E-state index contributed by atoms with van der Waals surface area (Å²) in [6.45, 7) is 5.69. The van der Waals surface area contributed by atoms with Crippen molar-refractivity contribution in [1.82, 2.24) is 14.7 Å². The zero-order valence-corrected chi connectivity index (χ0v) is 13.2. The Morgan fingerprint density at radius 3 is 2.61 bits per heavy atom. The third kappa shape index (κ3) is 2.38. The average molecular weight is 317 g/mol. The minimum absolute atomic E-state index is 0.0841. The molecule has 1 N–H and O–H groups in total. The molecular weight excluding hydrogens is 301 g/mol. The number of benzene rings is 1. The van der Waals surface area contributed by atoms with E-state index in [-0.39, 0.29) is 28.0 Å². The second-order valence-electron chi connectivity index (χ2n) is 6.42. The van der Waals surface area contributed by atoms with Crippen molar-refractivity contribution in [3.63, 3.8) is 0 Å². The van der Waals surface area contributed by atoms with E-state index < -0.39 is 11.4 Å². The van der Waals surface area contributed by atoms with E-state index in [2.05, 4.69) is 10.1 Å². The van der Waals surface area contributed by atoms with Crippen molar-refractivity contribution in [2.24, 2.45) is 7.05 Å². The standard InChI is InChI=1S/C16H16FN3O3/c1-16(2,3)15-18-13(23-19-15)11-12(21)9-7-8(17)5-6-10(9)20(4)14(11)22/h5-7,21H,1-4H3. The van der Waals surface area contributed by atoms with E-state index in [1.807, 2.05) is 20.8 Å². The number of aryl methyl sites for hydroxylation is 1. The van der Waals surface area contributed by atoms with Gasteiger partial charge in [-0.2, -0.15) is 4.98 Å². The summed E-state index contributed by atoms with van der Waals surface area (Å²) in [6.07, 6.45) is 0. The molecule has 0 amide bonds. The molecular formula is C16H16FN3O3. The SMILES string of the molecule is Cn1c(=O)c(-c2nc(C(C)(C)C)no2)c(O)c2cc(F)ccc21. The number of pyridine rings is 1. The summed E-state index contributed by atoms with van der Waals surface area (Å²) >= 11 is 0. The molecule has 0 unspecified atom stereocenters. The Kier molecular flexibility index (Phi) is 3.24. The molecule has 3 aromatic rings. The summed E-state index contributed by atoms with van der Waals surface area (Å²) in [5.74, 6) is -0.558. The second kappa shape index (κ2) is 4.91. The minimum Gasteiger partial charge on any atom is -0.506 e. The van der Waals surface area contributed by atoms with E-state index in [0.29, 0.717) is 11.3 Å². The lowest BCUT2D eigenvalue weighted by molar-refractivity contribution is 0.399. The average Bonchev–Trinajstić information content (AvgIpc) is 2.95. The van der Waals surface area contributed by atoms with E-state index in [4.69, 9.17) is 4.52 Å². The highest BCUT2D eigenvalue weighted by Crippen LogP contribution is 2.33. The number of aromatic nitrogens is 3. The molecule has 120 valence electrons. The summed E-state index contributed by atoms with van der Waals surface area (Å²) in [5, 5.41) is 14.5. The highest BCUT2D eigenvalue weighted by atomic mass is 19.1. The highest BCUT2D eigenvalue weighted by Gasteiger charge is 2.26. The Labute approximate surface area is 131 Å². The van der Waals surface area contributed by atoms with Crippen molar-refractivity contribution < 1.29 is 14.0 Å². The number of hydrogen-bond acceptors (Lipinski definition) is 5. The molecule has 23 heavy (non-hydrogen) atoms. The first-order valence-electron chi connectivity index (χ1n) is 7.06. The zero-order valence-electron chi connectivity index (χ0n) is 13.2. The van der Waals surface area contributed by atoms with Crippen molar-refractivity contribution >= 4 is 10.9 Å². The Hall–Kier alpha value is -2.70. The van der Waals surface area contributed by atoms with Crippen LogP contribution in [0.4, 0.5) is 4.39 Å². The Bertz CT molecular complexity index is 967. The third-order valence-electron chi connectivity index (χ3n) is 3.64. The maximum Gasteiger partial charge on any atom is 0.267 e. The van der Waals surface area contributed by atoms with Crippen LogP contribution in [0.1, 0.15) is 26.6 Å². The molecule has 0 fully saturated rings. The van der Waals surface area contributed by atoms with Gasteiger partial charge >= 0.3 is 0 Å². The third-order valence-corrected chi connectivity index (χ3v) is 3.64. The Morgan fingerprint density at radius 2 is 2.00 bits per heavy atom. The minimum atomic E-state index is -0.515. The first kappa shape index (κ1) is 15.2. The van der Waals surface area contributed by atoms with E-state index in [0.717, 1.165) is 6.07 Å². The molecule has 6 nitrogen and oxygen atoms in total. The van der Waals surface area contributed by atoms with Crippen LogP contribution in [0, 0.1) is 5.82 Å². The Morgan fingerprint density at radius 1 is 1.30 bits per heavy atom. The maximum atomic E-state index is 13.5. The van der Waals surface area contributed by atoms with Crippen molar-refractivity contribution in [1.29, 1.82) is 0 Å². The summed E-state index contributed by atoms with van der Waals surface area (Å²) in [7, 11) is 1.53. The molecule has 0 aliphatic heterocycles. The van der Waals surface area contributed by atoms with Gasteiger partial charge in [0, 0.05) is 17.8 Å². The van der Waals surface area contributed by atoms with Crippen LogP contribution in [0.2, 0.25) is 0 Å². The topological polar surface area (TPSA) is 81.2 Å². The Balaban J connectivity index is 2.34. The molecule has 7 heteroatoms. The van der Waals surface area contributed by atoms with E-state index >= 15 is 0 Å². The molecule has 2 heterocycles. The molecule has 0 aliphatic rings. The fraction of sp³-hybridized carbons (Fsp3) is 0.312. The van der Waals surface area contributed by atoms with Crippen LogP contribution in [0.15, 0.2) is 27.5 Å². The second-order valence-corrected chi connectivity index (χ2v) is 6.42. The number of hydrogen-bond donors (Lipinski definition) is 1. The van der Waals surface area contributed by atoms with Gasteiger partial charge in [-0.1, -0.05) is 25.9 Å². The number of halogens is 1. The summed E-state index contributed by atoms with van der Waals surface area (Å²) in [6, 6.07) is 3.82. The lowest BCUT2D eigenvalue weighted by atomic mass is 9.96. The monoisotopic (exact) mass is 317 g/mol. The smallest absolute Gasteiger partial charge is 0.267 e. The molecule has 3 rings (SSSR count). The van der Waals surface area contributed by atoms with Gasteiger partial charge in [-0.25, -0.2) is 4.39 Å². The van der Waals surface area contributed by atoms with Crippen LogP contribution in [0.5, 0.6) is 5.75 Å². The molecule has 0 saturated carbocycles. The summed E-state index contributed by atoms with van der Waals surface area (Å²) in [4.78, 5) is 16.7. The first-order valence-corrected chi connectivity index (χ1v) is 7.06. The van der Waals surface area contributed by atoms with Crippen LogP contribution < -0.4 is 5.56 Å². The number of rotatable bonds is 1. The van der Waals surface area contributed by atoms with Gasteiger partial charge in [-0.15, -0.1) is 0 Å². The number of fused-ring (bicyclic) bond motifs is 1. The van der Waals surface area contributed by atoms with Gasteiger partial charge < -0.3 is 14.2 Å². The van der Waals surface area contributed by atoms with E-state index in [1.54, 1.807) is 0 Å². The normalized spacial score (nSPS) is 12.0. The largest absolute Gasteiger partial charge is 0.506 e. The van der Waals surface area contributed by atoms with Gasteiger partial charge in [-0.3, -0.25) is 4.79 Å². The molecule has 0 spiro atoms. The van der Waals surface area contributed by atoms with Crippen molar-refractivity contribution in [2.75, 3.05) is 0 Å². The van der Waals surface area contributed by atoms with Gasteiger partial charge in [0.25, 0.3) is 11.4 Å². The van der Waals surface area contributed by atoms with Crippen LogP contribution in [0.25, 0.3) is 22.4 Å². The van der Waals surface area contributed by atoms with E-state index in [1.165, 1.54) is 23.7 Å². The lowest BCUT2D eigenvalue weighted by Crippen LogP contribution is -2.19. The van der Waals surface area contributed by atoms with Gasteiger partial charge in [0.15, 0.2) is 5.82 Å². The molecule has 0 saturated heterocycles. The van der Waals surface area contributed by atoms with Crippen molar-refractivity contribution in [3.05, 3.63) is 40.2 Å². The summed E-state index contributed by atoms with van der Waals surface area (Å²) in [5.41, 5.74) is -0.585. The number of nitrogens with zero attached hydrogens (tertiary/aromatic N) is 3. The van der Waals surface area contributed by atoms with E-state index in [9.17, 15) is 14.3 Å². The highest BCUT2D eigenvalue weighted by molar-refractivity contribution is 5.90. The predicted octanol–water partition coefficient (Wildman–Crippen LogP) is 2.73. The molecule has 1 aromatic carbocycles. The van der Waals surface area contributed by atoms with Crippen molar-refractivity contribution in [3.8, 4) is 17.2 Å². The van der Waals surface area contributed by atoms with Crippen LogP contribution in [-0.4, -0.2) is 19.8 Å². The maximum absolute atomic E-state index is 13.5. The van der Waals surface area contributed by atoms with Gasteiger partial charge in [0.05, 0.1) is 5.52 Å². The first-order chi connectivity index (χ1) is 10.7. The molecule has 0 bridgehead atoms. The molecule has 2 aromatic heterocycles. The van der Waals surface area contributed by atoms with Crippen molar-refractivity contribution in [2.45, 2.75) is 26.2 Å². The molecule has 0 radical (unpaired) electrons. The van der Waals surface area contributed by atoms with Crippen LogP contribution in [0.3, 0.4) is 0 Å². The van der Waals surface area contributed by atoms with Gasteiger partial charge in [0.2, 0.25) is 0 Å². The predicted molar refractivity (Wildman–Crippen MR) is 82.8 cm³/mol. The van der Waals surface area contributed by atoms with Crippen LogP contribution >= 0.6 is 0 Å². The lowest BCUT2D eigenvalue weighted by Gasteiger charge is -2.11. The summed E-state index contributed by atoms with van der Waals surface area (Å²) < 4.78 is 19.9. The molecule has 0 aliphatic carbocycles. The molecule has 0 atom stereocenters. The number of aromatic hydroxyl groups is 1. The van der Waals surface area contributed by atoms with Gasteiger partial charge in [0.1, 0.15) is 17.1 Å². The quantitative estimate of drug-likeness (QED) is 0.746.